The Hall–Kier alpha value is -0.890. The lowest BCUT2D eigenvalue weighted by Gasteiger charge is -2.08. The normalized spacial score (nSPS) is 10.4. The van der Waals surface area contributed by atoms with Crippen molar-refractivity contribution in [1.82, 2.24) is 0 Å². The lowest BCUT2D eigenvalue weighted by atomic mass is 10.1. The van der Waals surface area contributed by atoms with Crippen molar-refractivity contribution in [2.75, 3.05) is 7.11 Å². The van der Waals surface area contributed by atoms with Gasteiger partial charge in [-0.2, -0.15) is 0 Å². The minimum atomic E-state index is 0.593. The second kappa shape index (κ2) is 5.18. The van der Waals surface area contributed by atoms with Crippen molar-refractivity contribution in [2.45, 2.75) is 0 Å². The van der Waals surface area contributed by atoms with Crippen LogP contribution in [0, 0.1) is 0 Å². The number of halogens is 3. The third-order valence-electron chi connectivity index (χ3n) is 2.35. The molecule has 88 valence electrons. The van der Waals surface area contributed by atoms with Crippen molar-refractivity contribution in [3.05, 3.63) is 51.5 Å². The van der Waals surface area contributed by atoms with Crippen LogP contribution in [0.15, 0.2) is 36.4 Å². The van der Waals surface area contributed by atoms with Gasteiger partial charge in [0.15, 0.2) is 0 Å². The first kappa shape index (κ1) is 12.6. The Morgan fingerprint density at radius 3 is 2.35 bits per heavy atom. The molecule has 0 fully saturated rings. The zero-order valence-corrected chi connectivity index (χ0v) is 11.3. The number of benzene rings is 2. The van der Waals surface area contributed by atoms with Crippen molar-refractivity contribution in [3.63, 3.8) is 0 Å². The molecule has 0 spiro atoms. The number of hydrogen-bond donors (Lipinski definition) is 0. The molecule has 0 unspecified atom stereocenters. The SMILES string of the molecule is COc1cc(Cl)cc(-c2cc(Cl)ccc2Cl)c1. The summed E-state index contributed by atoms with van der Waals surface area (Å²) in [4.78, 5) is 0. The lowest BCUT2D eigenvalue weighted by Crippen LogP contribution is -1.85. The summed E-state index contributed by atoms with van der Waals surface area (Å²) in [6.45, 7) is 0. The molecule has 4 heteroatoms. The Labute approximate surface area is 115 Å². The summed E-state index contributed by atoms with van der Waals surface area (Å²) < 4.78 is 5.17. The van der Waals surface area contributed by atoms with E-state index in [-0.39, 0.29) is 0 Å². The van der Waals surface area contributed by atoms with E-state index in [2.05, 4.69) is 0 Å². The van der Waals surface area contributed by atoms with Crippen LogP contribution < -0.4 is 4.74 Å². The standard InChI is InChI=1S/C13H9Cl3O/c1-17-11-5-8(4-10(15)6-11)12-7-9(14)2-3-13(12)16/h2-7H,1H3. The van der Waals surface area contributed by atoms with E-state index >= 15 is 0 Å². The molecule has 2 aromatic carbocycles. The average Bonchev–Trinajstić information content (AvgIpc) is 2.31. The molecule has 0 aliphatic heterocycles. The van der Waals surface area contributed by atoms with Crippen LogP contribution in [0.1, 0.15) is 0 Å². The highest BCUT2D eigenvalue weighted by Crippen LogP contribution is 2.34. The molecule has 2 aromatic rings. The Bertz CT molecular complexity index is 552. The summed E-state index contributed by atoms with van der Waals surface area (Å²) in [5.41, 5.74) is 1.71. The second-order valence-corrected chi connectivity index (χ2v) is 4.78. The fourth-order valence-corrected chi connectivity index (χ4v) is 2.18. The molecule has 0 aliphatic carbocycles. The summed E-state index contributed by atoms with van der Waals surface area (Å²) in [5, 5.41) is 1.84. The van der Waals surface area contributed by atoms with Gasteiger partial charge in [0.2, 0.25) is 0 Å². The van der Waals surface area contributed by atoms with Gasteiger partial charge in [-0.3, -0.25) is 0 Å². The van der Waals surface area contributed by atoms with Gasteiger partial charge in [0, 0.05) is 20.6 Å². The molecule has 0 radical (unpaired) electrons. The fraction of sp³-hybridized carbons (Fsp3) is 0.0769. The number of rotatable bonds is 2. The van der Waals surface area contributed by atoms with Crippen LogP contribution in [0.3, 0.4) is 0 Å². The molecule has 0 atom stereocenters. The van der Waals surface area contributed by atoms with Gasteiger partial charge in [0.05, 0.1) is 7.11 Å². The predicted molar refractivity (Wildman–Crippen MR) is 73.5 cm³/mol. The Kier molecular flexibility index (Phi) is 3.82. The van der Waals surface area contributed by atoms with E-state index in [1.807, 2.05) is 12.1 Å². The van der Waals surface area contributed by atoms with Gasteiger partial charge in [-0.05, 0) is 42.0 Å². The topological polar surface area (TPSA) is 9.23 Å². The van der Waals surface area contributed by atoms with Crippen molar-refractivity contribution >= 4 is 34.8 Å². The van der Waals surface area contributed by atoms with E-state index in [0.717, 1.165) is 11.1 Å². The largest absolute Gasteiger partial charge is 0.497 e. The van der Waals surface area contributed by atoms with Crippen LogP contribution in [0.5, 0.6) is 5.75 Å². The summed E-state index contributed by atoms with van der Waals surface area (Å²) in [5.74, 6) is 0.684. The molecule has 0 bridgehead atoms. The monoisotopic (exact) mass is 286 g/mol. The highest BCUT2D eigenvalue weighted by molar-refractivity contribution is 6.35. The van der Waals surface area contributed by atoms with Crippen molar-refractivity contribution in [1.29, 1.82) is 0 Å². The van der Waals surface area contributed by atoms with Crippen molar-refractivity contribution in [3.8, 4) is 16.9 Å². The maximum atomic E-state index is 6.14. The third kappa shape index (κ3) is 2.86. The van der Waals surface area contributed by atoms with Crippen LogP contribution in [-0.2, 0) is 0 Å². The van der Waals surface area contributed by atoms with Gasteiger partial charge < -0.3 is 4.74 Å². The Balaban J connectivity index is 2.59. The molecule has 0 saturated carbocycles. The molecule has 0 amide bonds. The number of hydrogen-bond acceptors (Lipinski definition) is 1. The van der Waals surface area contributed by atoms with Crippen LogP contribution in [0.4, 0.5) is 0 Å². The Morgan fingerprint density at radius 1 is 0.882 bits per heavy atom. The average molecular weight is 288 g/mol. The molecule has 1 nitrogen and oxygen atoms in total. The maximum Gasteiger partial charge on any atom is 0.120 e. The molecule has 0 saturated heterocycles. The Morgan fingerprint density at radius 2 is 1.65 bits per heavy atom. The predicted octanol–water partition coefficient (Wildman–Crippen LogP) is 5.32. The van der Waals surface area contributed by atoms with E-state index in [1.54, 1.807) is 31.4 Å². The molecular weight excluding hydrogens is 279 g/mol. The first-order chi connectivity index (χ1) is 8.10. The molecule has 0 aromatic heterocycles. The molecule has 0 aliphatic rings. The van der Waals surface area contributed by atoms with Crippen LogP contribution in [0.25, 0.3) is 11.1 Å². The van der Waals surface area contributed by atoms with Crippen molar-refractivity contribution in [2.24, 2.45) is 0 Å². The minimum absolute atomic E-state index is 0.593. The summed E-state index contributed by atoms with van der Waals surface area (Å²) in [7, 11) is 1.59. The second-order valence-electron chi connectivity index (χ2n) is 3.50. The zero-order valence-electron chi connectivity index (χ0n) is 9.01. The van der Waals surface area contributed by atoms with Crippen LogP contribution in [0.2, 0.25) is 15.1 Å². The molecule has 17 heavy (non-hydrogen) atoms. The number of ether oxygens (including phenoxy) is 1. The van der Waals surface area contributed by atoms with E-state index in [0.29, 0.717) is 20.8 Å². The molecular formula is C13H9Cl3O. The van der Waals surface area contributed by atoms with E-state index in [9.17, 15) is 0 Å². The smallest absolute Gasteiger partial charge is 0.120 e. The first-order valence-corrected chi connectivity index (χ1v) is 6.03. The number of methoxy groups -OCH3 is 1. The summed E-state index contributed by atoms with van der Waals surface area (Å²) >= 11 is 18.1. The van der Waals surface area contributed by atoms with Gasteiger partial charge in [-0.1, -0.05) is 34.8 Å². The lowest BCUT2D eigenvalue weighted by molar-refractivity contribution is 0.415. The van der Waals surface area contributed by atoms with Gasteiger partial charge >= 0.3 is 0 Å². The van der Waals surface area contributed by atoms with E-state index in [4.69, 9.17) is 39.5 Å². The third-order valence-corrected chi connectivity index (χ3v) is 3.13. The molecule has 2 rings (SSSR count). The molecule has 0 heterocycles. The van der Waals surface area contributed by atoms with Gasteiger partial charge in [-0.15, -0.1) is 0 Å². The van der Waals surface area contributed by atoms with Crippen LogP contribution >= 0.6 is 34.8 Å². The molecule has 0 N–H and O–H groups in total. The highest BCUT2D eigenvalue weighted by atomic mass is 35.5. The maximum absolute atomic E-state index is 6.14. The van der Waals surface area contributed by atoms with Crippen LogP contribution in [-0.4, -0.2) is 7.11 Å². The van der Waals surface area contributed by atoms with Gasteiger partial charge in [-0.25, -0.2) is 0 Å². The zero-order chi connectivity index (χ0) is 12.4. The van der Waals surface area contributed by atoms with Crippen molar-refractivity contribution < 1.29 is 4.74 Å². The fourth-order valence-electron chi connectivity index (χ4n) is 1.55. The summed E-state index contributed by atoms with van der Waals surface area (Å²) in [6.07, 6.45) is 0. The van der Waals surface area contributed by atoms with E-state index < -0.39 is 0 Å². The van der Waals surface area contributed by atoms with E-state index in [1.165, 1.54) is 0 Å². The minimum Gasteiger partial charge on any atom is -0.497 e. The quantitative estimate of drug-likeness (QED) is 0.726. The summed E-state index contributed by atoms with van der Waals surface area (Å²) in [6, 6.07) is 10.7. The van der Waals surface area contributed by atoms with Gasteiger partial charge in [0.25, 0.3) is 0 Å². The first-order valence-electron chi connectivity index (χ1n) is 4.90. The van der Waals surface area contributed by atoms with Gasteiger partial charge in [0.1, 0.15) is 5.75 Å². The highest BCUT2D eigenvalue weighted by Gasteiger charge is 2.07.